The highest BCUT2D eigenvalue weighted by atomic mass is 35.5. The zero-order valence-corrected chi connectivity index (χ0v) is 19.5. The van der Waals surface area contributed by atoms with Gasteiger partial charge in [0, 0.05) is 31.1 Å². The summed E-state index contributed by atoms with van der Waals surface area (Å²) in [4.78, 5) is 18.8. The van der Waals surface area contributed by atoms with Crippen molar-refractivity contribution < 1.29 is 9.13 Å². The molecule has 0 amide bonds. The number of hydrogen-bond donors (Lipinski definition) is 4. The quantitative estimate of drug-likeness (QED) is 0.275. The number of ether oxygens (including phenoxy) is 1. The fourth-order valence-electron chi connectivity index (χ4n) is 4.57. The number of rotatable bonds is 4. The molecular weight excluding hydrogens is 475 g/mol. The highest BCUT2D eigenvalue weighted by Crippen LogP contribution is 2.42. The number of piperidine rings is 1. The van der Waals surface area contributed by atoms with Gasteiger partial charge in [0.1, 0.15) is 17.3 Å². The van der Waals surface area contributed by atoms with Gasteiger partial charge in [-0.1, -0.05) is 11.6 Å². The summed E-state index contributed by atoms with van der Waals surface area (Å²) in [5, 5.41) is 8.18. The first kappa shape index (κ1) is 21.8. The molecule has 13 heteroatoms. The number of nitrogens with two attached hydrogens (primary N) is 2. The highest BCUT2D eigenvalue weighted by molar-refractivity contribution is 6.39. The minimum atomic E-state index is -0.900. The Balaban J connectivity index is 1.57. The van der Waals surface area contributed by atoms with Crippen LogP contribution >= 0.6 is 11.6 Å². The van der Waals surface area contributed by atoms with Gasteiger partial charge in [-0.3, -0.25) is 0 Å². The molecule has 0 atom stereocenters. The van der Waals surface area contributed by atoms with Gasteiger partial charge in [-0.25, -0.2) is 13.9 Å². The molecule has 0 bridgehead atoms. The van der Waals surface area contributed by atoms with Gasteiger partial charge in [-0.15, -0.1) is 0 Å². The lowest BCUT2D eigenvalue weighted by Crippen LogP contribution is -2.60. The number of aromatic amines is 1. The predicted octanol–water partition coefficient (Wildman–Crippen LogP) is 2.99. The average molecular weight is 497 g/mol. The molecule has 6 rings (SSSR count). The first-order valence-electron chi connectivity index (χ1n) is 11.0. The molecule has 1 saturated heterocycles. The van der Waals surface area contributed by atoms with Gasteiger partial charge in [0.25, 0.3) is 0 Å². The third-order valence-electron chi connectivity index (χ3n) is 6.14. The van der Waals surface area contributed by atoms with Crippen LogP contribution in [0.4, 0.5) is 15.9 Å². The molecule has 35 heavy (non-hydrogen) atoms. The van der Waals surface area contributed by atoms with Gasteiger partial charge in [-0.2, -0.15) is 15.1 Å². The first-order chi connectivity index (χ1) is 16.8. The van der Waals surface area contributed by atoms with E-state index < -0.39 is 11.5 Å². The van der Waals surface area contributed by atoms with Crippen LogP contribution in [0.15, 0.2) is 30.7 Å². The number of anilines is 2. The van der Waals surface area contributed by atoms with Crippen LogP contribution in [0.5, 0.6) is 11.8 Å². The standard InChI is InChI=1S/C22H22ClFN10O/c1-27-13-7-12(24)17(23)15-16-19(30-18(13)15)31-21(32-20(16)33-6-2-4-22(25,26)10-33)35-11-8-28-14-3-5-29-34(14)9-11/h3,5,7-9,27H,2,4,6,10,25-26H2,1H3,(H,30,31,32). The van der Waals surface area contributed by atoms with Gasteiger partial charge in [-0.05, 0) is 12.8 Å². The van der Waals surface area contributed by atoms with E-state index in [0.717, 1.165) is 6.42 Å². The fraction of sp³-hybridized carbons (Fsp3) is 0.273. The number of H-pyrrole nitrogens is 1. The smallest absolute Gasteiger partial charge is 0.326 e. The molecule has 0 spiro atoms. The van der Waals surface area contributed by atoms with Crippen molar-refractivity contribution in [3.8, 4) is 11.8 Å². The summed E-state index contributed by atoms with van der Waals surface area (Å²) in [6.45, 7) is 0.999. The van der Waals surface area contributed by atoms with Crippen molar-refractivity contribution >= 4 is 50.7 Å². The molecule has 5 aromatic rings. The Morgan fingerprint density at radius 3 is 2.94 bits per heavy atom. The molecule has 180 valence electrons. The zero-order chi connectivity index (χ0) is 24.3. The molecule has 1 aromatic carbocycles. The fourth-order valence-corrected chi connectivity index (χ4v) is 4.82. The number of fused-ring (bicyclic) bond motifs is 4. The Hall–Kier alpha value is -3.74. The summed E-state index contributed by atoms with van der Waals surface area (Å²) >= 11 is 6.46. The highest BCUT2D eigenvalue weighted by Gasteiger charge is 2.31. The van der Waals surface area contributed by atoms with Crippen LogP contribution in [0.3, 0.4) is 0 Å². The van der Waals surface area contributed by atoms with Crippen molar-refractivity contribution in [2.75, 3.05) is 30.4 Å². The van der Waals surface area contributed by atoms with Crippen LogP contribution in [-0.2, 0) is 0 Å². The molecule has 11 nitrogen and oxygen atoms in total. The molecule has 1 fully saturated rings. The summed E-state index contributed by atoms with van der Waals surface area (Å²) in [7, 11) is 1.70. The van der Waals surface area contributed by atoms with E-state index in [1.165, 1.54) is 6.07 Å². The summed E-state index contributed by atoms with van der Waals surface area (Å²) in [6.07, 6.45) is 6.32. The lowest BCUT2D eigenvalue weighted by atomic mass is 10.00. The van der Waals surface area contributed by atoms with Crippen molar-refractivity contribution in [1.82, 2.24) is 29.5 Å². The van der Waals surface area contributed by atoms with Crippen LogP contribution in [0, 0.1) is 5.82 Å². The third-order valence-corrected chi connectivity index (χ3v) is 6.51. The van der Waals surface area contributed by atoms with Gasteiger partial charge >= 0.3 is 6.01 Å². The normalized spacial score (nSPS) is 15.9. The Bertz CT molecular complexity index is 1600. The molecule has 1 aliphatic rings. The summed E-state index contributed by atoms with van der Waals surface area (Å²) < 4.78 is 22.3. The number of nitrogens with one attached hydrogen (secondary N) is 2. The molecular formula is C22H22ClFN10O. The van der Waals surface area contributed by atoms with E-state index in [1.54, 1.807) is 36.2 Å². The largest absolute Gasteiger partial charge is 0.421 e. The number of aromatic nitrogens is 6. The molecule has 4 aromatic heterocycles. The molecule has 0 saturated carbocycles. The van der Waals surface area contributed by atoms with Crippen LogP contribution in [0.1, 0.15) is 12.8 Å². The number of hydrogen-bond acceptors (Lipinski definition) is 9. The summed E-state index contributed by atoms with van der Waals surface area (Å²) in [5.74, 6) is 0.340. The van der Waals surface area contributed by atoms with Crippen LogP contribution in [0.2, 0.25) is 5.02 Å². The summed E-state index contributed by atoms with van der Waals surface area (Å²) in [6, 6.07) is 3.18. The number of nitrogens with zero attached hydrogens (tertiary/aromatic N) is 6. The van der Waals surface area contributed by atoms with Gasteiger partial charge in [0.2, 0.25) is 0 Å². The number of benzene rings is 1. The van der Waals surface area contributed by atoms with E-state index in [1.807, 2.05) is 4.90 Å². The van der Waals surface area contributed by atoms with Crippen molar-refractivity contribution in [2.45, 2.75) is 18.5 Å². The second kappa shape index (κ2) is 7.90. The van der Waals surface area contributed by atoms with E-state index in [-0.39, 0.29) is 11.0 Å². The van der Waals surface area contributed by atoms with Crippen molar-refractivity contribution in [3.63, 3.8) is 0 Å². The minimum absolute atomic E-state index is 0.0270. The number of halogens is 2. The van der Waals surface area contributed by atoms with Gasteiger partial charge in [0.15, 0.2) is 11.4 Å². The molecule has 5 heterocycles. The lowest BCUT2D eigenvalue weighted by molar-refractivity contribution is 0.354. The van der Waals surface area contributed by atoms with Crippen molar-refractivity contribution in [2.24, 2.45) is 11.5 Å². The monoisotopic (exact) mass is 496 g/mol. The zero-order valence-electron chi connectivity index (χ0n) is 18.7. The Morgan fingerprint density at radius 2 is 2.14 bits per heavy atom. The SMILES string of the molecule is CNc1cc(F)c(Cl)c2c1[nH]c1nc(Oc3cnc4ccnn4c3)nc(N3CCCC(N)(N)C3)c12. The topological polar surface area (TPSA) is 148 Å². The van der Waals surface area contributed by atoms with E-state index >= 15 is 0 Å². The van der Waals surface area contributed by atoms with Crippen LogP contribution < -0.4 is 26.4 Å². The van der Waals surface area contributed by atoms with E-state index in [0.29, 0.717) is 64.3 Å². The summed E-state index contributed by atoms with van der Waals surface area (Å²) in [5.41, 5.74) is 13.9. The van der Waals surface area contributed by atoms with Gasteiger partial charge in [0.05, 0.1) is 52.4 Å². The average Bonchev–Trinajstić information content (AvgIpc) is 3.44. The Morgan fingerprint density at radius 1 is 1.29 bits per heavy atom. The van der Waals surface area contributed by atoms with E-state index in [9.17, 15) is 4.39 Å². The Kier molecular flexibility index (Phi) is 4.91. The van der Waals surface area contributed by atoms with Crippen molar-refractivity contribution in [3.05, 3.63) is 41.6 Å². The minimum Gasteiger partial charge on any atom is -0.421 e. The lowest BCUT2D eigenvalue weighted by Gasteiger charge is -2.38. The van der Waals surface area contributed by atoms with Crippen LogP contribution in [0.25, 0.3) is 27.6 Å². The van der Waals surface area contributed by atoms with E-state index in [4.69, 9.17) is 32.8 Å². The second-order valence-electron chi connectivity index (χ2n) is 8.68. The van der Waals surface area contributed by atoms with Crippen LogP contribution in [-0.4, -0.2) is 55.4 Å². The molecule has 0 unspecified atom stereocenters. The maximum atomic E-state index is 14.7. The van der Waals surface area contributed by atoms with Crippen molar-refractivity contribution in [1.29, 1.82) is 0 Å². The molecule has 6 N–H and O–H groups in total. The maximum Gasteiger partial charge on any atom is 0.326 e. The molecule has 0 aliphatic carbocycles. The first-order valence-corrected chi connectivity index (χ1v) is 11.4. The van der Waals surface area contributed by atoms with Gasteiger partial charge < -0.3 is 31.4 Å². The Labute approximate surface area is 203 Å². The van der Waals surface area contributed by atoms with E-state index in [2.05, 4.69) is 25.4 Å². The maximum absolute atomic E-state index is 14.7. The molecule has 0 radical (unpaired) electrons. The predicted molar refractivity (Wildman–Crippen MR) is 132 cm³/mol. The molecule has 1 aliphatic heterocycles. The second-order valence-corrected chi connectivity index (χ2v) is 9.06. The third kappa shape index (κ3) is 3.66.